The fraction of sp³-hybridized carbons (Fsp3) is 0.381. The number of aryl methyl sites for hydroxylation is 1. The summed E-state index contributed by atoms with van der Waals surface area (Å²) < 4.78 is 46.5. The van der Waals surface area contributed by atoms with Crippen LogP contribution in [0.5, 0.6) is 11.5 Å². The Bertz CT molecular complexity index is 827. The molecule has 0 saturated heterocycles. The zero-order valence-electron chi connectivity index (χ0n) is 16.2. The number of amidine groups is 1. The number of alkyl halides is 3. The average molecular weight is 378 g/mol. The molecule has 0 radical (unpaired) electrons. The monoisotopic (exact) mass is 378 g/mol. The molecule has 0 spiro atoms. The van der Waals surface area contributed by atoms with Gasteiger partial charge < -0.3 is 10.1 Å². The minimum atomic E-state index is -4.54. The van der Waals surface area contributed by atoms with Crippen LogP contribution in [0.1, 0.15) is 49.8 Å². The van der Waals surface area contributed by atoms with Crippen LogP contribution in [0, 0.1) is 6.92 Å². The largest absolute Gasteiger partial charge is 0.457 e. The number of rotatable bonds is 5. The van der Waals surface area contributed by atoms with Crippen molar-refractivity contribution < 1.29 is 17.9 Å². The van der Waals surface area contributed by atoms with Crippen LogP contribution in [0.4, 0.5) is 18.9 Å². The number of ether oxygens (including phenoxy) is 1. The molecule has 0 aliphatic carbocycles. The van der Waals surface area contributed by atoms with Crippen LogP contribution < -0.4 is 10.1 Å². The highest BCUT2D eigenvalue weighted by Crippen LogP contribution is 2.41. The van der Waals surface area contributed by atoms with Gasteiger partial charge in [0, 0.05) is 19.2 Å². The van der Waals surface area contributed by atoms with Crippen molar-refractivity contribution in [3.05, 3.63) is 53.1 Å². The molecule has 2 rings (SSSR count). The molecule has 0 heterocycles. The molecule has 0 aromatic heterocycles. The molecule has 0 fully saturated rings. The molecule has 0 atom stereocenters. The zero-order chi connectivity index (χ0) is 20.2. The van der Waals surface area contributed by atoms with Crippen LogP contribution in [-0.2, 0) is 6.18 Å². The Labute approximate surface area is 158 Å². The maximum atomic E-state index is 13.6. The number of halogens is 3. The number of anilines is 1. The van der Waals surface area contributed by atoms with Crippen LogP contribution in [0.15, 0.2) is 41.4 Å². The summed E-state index contributed by atoms with van der Waals surface area (Å²) in [7, 11) is 1.60. The zero-order valence-corrected chi connectivity index (χ0v) is 16.2. The lowest BCUT2D eigenvalue weighted by Crippen LogP contribution is -2.14. The topological polar surface area (TPSA) is 33.6 Å². The van der Waals surface area contributed by atoms with Gasteiger partial charge in [0.2, 0.25) is 0 Å². The second-order valence-corrected chi connectivity index (χ2v) is 6.64. The van der Waals surface area contributed by atoms with E-state index in [-0.39, 0.29) is 11.7 Å². The number of aliphatic imine (C=N–C) groups is 1. The molecule has 27 heavy (non-hydrogen) atoms. The van der Waals surface area contributed by atoms with Gasteiger partial charge in [-0.05, 0) is 48.2 Å². The fourth-order valence-corrected chi connectivity index (χ4v) is 2.64. The Morgan fingerprint density at radius 2 is 1.89 bits per heavy atom. The van der Waals surface area contributed by atoms with Crippen LogP contribution in [-0.4, -0.2) is 12.9 Å². The van der Waals surface area contributed by atoms with Crippen molar-refractivity contribution in [1.29, 1.82) is 0 Å². The van der Waals surface area contributed by atoms with Gasteiger partial charge in [0.25, 0.3) is 0 Å². The van der Waals surface area contributed by atoms with Crippen molar-refractivity contribution in [3.63, 3.8) is 0 Å². The van der Waals surface area contributed by atoms with E-state index in [1.807, 2.05) is 26.8 Å². The smallest absolute Gasteiger partial charge is 0.420 e. The third-order valence-corrected chi connectivity index (χ3v) is 4.27. The Hall–Kier alpha value is -2.50. The van der Waals surface area contributed by atoms with Crippen LogP contribution in [0.2, 0.25) is 0 Å². The van der Waals surface area contributed by atoms with E-state index in [4.69, 9.17) is 4.74 Å². The highest BCUT2D eigenvalue weighted by molar-refractivity contribution is 5.96. The van der Waals surface area contributed by atoms with Crippen molar-refractivity contribution in [1.82, 2.24) is 0 Å². The van der Waals surface area contributed by atoms with Crippen molar-refractivity contribution in [2.45, 2.75) is 46.2 Å². The number of benzene rings is 2. The normalized spacial score (nSPS) is 12.4. The minimum absolute atomic E-state index is 0.210. The SMILES string of the molecule is CCC(=NC)Nc1cc(C(F)(F)F)c(Oc2cccc(C(C)C)c2)cc1C. The lowest BCUT2D eigenvalue weighted by Gasteiger charge is -2.19. The standard InChI is InChI=1S/C21H25F3N2O/c1-6-20(25-5)26-18-12-17(21(22,23)24)19(10-14(18)4)27-16-9-7-8-15(11-16)13(2)3/h7-13H,6H2,1-5H3,(H,25,26). The van der Waals surface area contributed by atoms with Gasteiger partial charge >= 0.3 is 6.18 Å². The van der Waals surface area contributed by atoms with E-state index >= 15 is 0 Å². The van der Waals surface area contributed by atoms with Crippen molar-refractivity contribution in [2.24, 2.45) is 4.99 Å². The maximum absolute atomic E-state index is 13.6. The molecular weight excluding hydrogens is 353 g/mol. The highest BCUT2D eigenvalue weighted by Gasteiger charge is 2.35. The van der Waals surface area contributed by atoms with E-state index in [2.05, 4.69) is 10.3 Å². The molecule has 0 unspecified atom stereocenters. The molecule has 2 aromatic rings. The summed E-state index contributed by atoms with van der Waals surface area (Å²) in [5, 5.41) is 2.97. The van der Waals surface area contributed by atoms with Crippen molar-refractivity contribution in [3.8, 4) is 11.5 Å². The number of nitrogens with zero attached hydrogens (tertiary/aromatic N) is 1. The Morgan fingerprint density at radius 1 is 1.19 bits per heavy atom. The molecule has 146 valence electrons. The second kappa shape index (κ2) is 8.46. The quantitative estimate of drug-likeness (QED) is 0.459. The molecule has 0 aliphatic heterocycles. The summed E-state index contributed by atoms with van der Waals surface area (Å²) in [5.74, 6) is 1.04. The fourth-order valence-electron chi connectivity index (χ4n) is 2.64. The van der Waals surface area contributed by atoms with Gasteiger partial charge in [-0.3, -0.25) is 4.99 Å². The van der Waals surface area contributed by atoms with E-state index in [1.54, 1.807) is 32.2 Å². The minimum Gasteiger partial charge on any atom is -0.457 e. The summed E-state index contributed by atoms with van der Waals surface area (Å²) in [6.07, 6.45) is -3.94. The molecule has 2 aromatic carbocycles. The molecule has 0 saturated carbocycles. The van der Waals surface area contributed by atoms with E-state index in [9.17, 15) is 13.2 Å². The summed E-state index contributed by atoms with van der Waals surface area (Å²) in [4.78, 5) is 4.04. The van der Waals surface area contributed by atoms with Gasteiger partial charge in [0.1, 0.15) is 22.9 Å². The lowest BCUT2D eigenvalue weighted by molar-refractivity contribution is -0.138. The van der Waals surface area contributed by atoms with E-state index in [1.165, 1.54) is 6.07 Å². The van der Waals surface area contributed by atoms with Gasteiger partial charge in [-0.1, -0.05) is 32.9 Å². The average Bonchev–Trinajstić information content (AvgIpc) is 2.60. The van der Waals surface area contributed by atoms with E-state index in [0.717, 1.165) is 11.6 Å². The Morgan fingerprint density at radius 3 is 2.44 bits per heavy atom. The number of hydrogen-bond acceptors (Lipinski definition) is 2. The molecule has 0 amide bonds. The number of hydrogen-bond donors (Lipinski definition) is 1. The maximum Gasteiger partial charge on any atom is 0.420 e. The van der Waals surface area contributed by atoms with Gasteiger partial charge in [-0.15, -0.1) is 0 Å². The Kier molecular flexibility index (Phi) is 6.52. The predicted octanol–water partition coefficient (Wildman–Crippen LogP) is 6.78. The molecule has 0 bridgehead atoms. The van der Waals surface area contributed by atoms with Crippen molar-refractivity contribution >= 4 is 11.5 Å². The summed E-state index contributed by atoms with van der Waals surface area (Å²) in [6.45, 7) is 7.66. The third kappa shape index (κ3) is 5.25. The molecule has 1 N–H and O–H groups in total. The first-order valence-electron chi connectivity index (χ1n) is 8.88. The first-order chi connectivity index (χ1) is 12.7. The first-order valence-corrected chi connectivity index (χ1v) is 8.88. The van der Waals surface area contributed by atoms with Gasteiger partial charge in [0.05, 0.1) is 0 Å². The van der Waals surface area contributed by atoms with E-state index < -0.39 is 11.7 Å². The van der Waals surface area contributed by atoms with Crippen LogP contribution in [0.25, 0.3) is 0 Å². The second-order valence-electron chi connectivity index (χ2n) is 6.64. The van der Waals surface area contributed by atoms with Crippen molar-refractivity contribution in [2.75, 3.05) is 12.4 Å². The summed E-state index contributed by atoms with van der Waals surface area (Å²) in [5.41, 5.74) is 1.19. The number of nitrogens with one attached hydrogen (secondary N) is 1. The lowest BCUT2D eigenvalue weighted by atomic mass is 10.0. The summed E-state index contributed by atoms with van der Waals surface area (Å²) >= 11 is 0. The first kappa shape index (κ1) is 20.8. The van der Waals surface area contributed by atoms with Crippen LogP contribution in [0.3, 0.4) is 0 Å². The summed E-state index contributed by atoms with van der Waals surface area (Å²) in [6, 6.07) is 9.63. The van der Waals surface area contributed by atoms with Gasteiger partial charge in [0.15, 0.2) is 0 Å². The van der Waals surface area contributed by atoms with Gasteiger partial charge in [-0.25, -0.2) is 0 Å². The predicted molar refractivity (Wildman–Crippen MR) is 104 cm³/mol. The molecule has 6 heteroatoms. The molecular formula is C21H25F3N2O. The molecule has 3 nitrogen and oxygen atoms in total. The van der Waals surface area contributed by atoms with Gasteiger partial charge in [-0.2, -0.15) is 13.2 Å². The molecule has 0 aliphatic rings. The Balaban J connectivity index is 2.47. The third-order valence-electron chi connectivity index (χ3n) is 4.27. The highest BCUT2D eigenvalue weighted by atomic mass is 19.4. The van der Waals surface area contributed by atoms with Crippen LogP contribution >= 0.6 is 0 Å². The van der Waals surface area contributed by atoms with E-state index in [0.29, 0.717) is 29.3 Å².